The van der Waals surface area contributed by atoms with Crippen molar-refractivity contribution in [3.63, 3.8) is 0 Å². The Kier molecular flexibility index (Phi) is 13.3. The van der Waals surface area contributed by atoms with E-state index in [0.717, 1.165) is 138 Å². The lowest BCUT2D eigenvalue weighted by atomic mass is 9.88. The van der Waals surface area contributed by atoms with Gasteiger partial charge in [-0.3, -0.25) is 0 Å². The molecule has 4 aromatic heterocycles. The molecule has 300 valence electrons. The molecule has 0 unspecified atom stereocenters. The maximum Gasteiger partial charge on any atom is 0.132 e. The predicted octanol–water partition coefficient (Wildman–Crippen LogP) is 7.36. The Balaban J connectivity index is 0.000000133. The number of anilines is 2. The van der Waals surface area contributed by atoms with E-state index in [2.05, 4.69) is 57.2 Å². The van der Waals surface area contributed by atoms with Crippen molar-refractivity contribution >= 4 is 55.9 Å². The second-order valence-electron chi connectivity index (χ2n) is 14.9. The van der Waals surface area contributed by atoms with E-state index >= 15 is 0 Å². The molecule has 2 aliphatic carbocycles. The van der Waals surface area contributed by atoms with Crippen LogP contribution in [0, 0.1) is 0 Å². The lowest BCUT2D eigenvalue weighted by molar-refractivity contribution is 0.122. The van der Waals surface area contributed by atoms with E-state index in [1.165, 1.54) is 16.3 Å². The first-order chi connectivity index (χ1) is 28.1. The van der Waals surface area contributed by atoms with Crippen molar-refractivity contribution in [2.75, 3.05) is 62.4 Å². The van der Waals surface area contributed by atoms with Crippen molar-refractivity contribution in [2.24, 2.45) is 0 Å². The van der Waals surface area contributed by atoms with Crippen LogP contribution in [0.3, 0.4) is 0 Å². The minimum absolute atomic E-state index is 0.0544. The van der Waals surface area contributed by atoms with E-state index in [0.29, 0.717) is 17.2 Å². The van der Waals surface area contributed by atoms with Gasteiger partial charge in [-0.25, -0.2) is 29.9 Å². The Morgan fingerprint density at radius 3 is 1.67 bits per heavy atom. The Hall–Kier alpha value is -4.54. The van der Waals surface area contributed by atoms with E-state index in [9.17, 15) is 10.2 Å². The summed E-state index contributed by atoms with van der Waals surface area (Å²) in [6.45, 7) is 6.46. The minimum Gasteiger partial charge on any atom is -0.507 e. The van der Waals surface area contributed by atoms with Gasteiger partial charge in [-0.15, -0.1) is 22.7 Å². The third-order valence-corrected chi connectivity index (χ3v) is 13.1. The van der Waals surface area contributed by atoms with E-state index in [1.807, 2.05) is 30.0 Å². The summed E-state index contributed by atoms with van der Waals surface area (Å²) in [5.74, 6) is 2.33. The number of aliphatic hydroxyl groups excluding tert-OH is 1. The van der Waals surface area contributed by atoms with Crippen LogP contribution in [0.15, 0.2) is 72.5 Å². The monoisotopic (exact) mass is 810 g/mol. The first kappa shape index (κ1) is 39.3. The average molecular weight is 811 g/mol. The molecule has 2 saturated carbocycles. The SMILES string of the molecule is OC1CCC(c2nccs2)CC1.Oc1cc(N2CCOCC2)cc2ncncc12.c1csc(C2CCC(Oc3cc(N4CCOCC4)cc4ncncc34)CC2)n1. The van der Waals surface area contributed by atoms with Crippen molar-refractivity contribution < 1.29 is 24.4 Å². The summed E-state index contributed by atoms with van der Waals surface area (Å²) in [5, 5.41) is 27.5. The molecule has 0 bridgehead atoms. The maximum atomic E-state index is 9.94. The zero-order valence-corrected chi connectivity index (χ0v) is 33.7. The first-order valence-electron chi connectivity index (χ1n) is 20.0. The number of hydrogen-bond donors (Lipinski definition) is 2. The number of ether oxygens (including phenoxy) is 3. The molecule has 57 heavy (non-hydrogen) atoms. The molecule has 15 heteroatoms. The summed E-state index contributed by atoms with van der Waals surface area (Å²) in [7, 11) is 0. The van der Waals surface area contributed by atoms with Crippen molar-refractivity contribution in [3.8, 4) is 11.5 Å². The number of rotatable bonds is 6. The fourth-order valence-electron chi connectivity index (χ4n) is 8.00. The van der Waals surface area contributed by atoms with Crippen LogP contribution in [-0.2, 0) is 9.47 Å². The van der Waals surface area contributed by atoms with Crippen LogP contribution >= 0.6 is 22.7 Å². The van der Waals surface area contributed by atoms with E-state index < -0.39 is 0 Å². The number of morpholine rings is 2. The molecule has 6 aromatic rings. The summed E-state index contributed by atoms with van der Waals surface area (Å²) in [4.78, 5) is 30.1. The first-order valence-corrected chi connectivity index (χ1v) is 21.8. The molecule has 6 heterocycles. The van der Waals surface area contributed by atoms with Crippen LogP contribution in [-0.4, -0.2) is 105 Å². The fraction of sp³-hybridized carbons (Fsp3) is 0.476. The summed E-state index contributed by atoms with van der Waals surface area (Å²) in [6.07, 6.45) is 19.0. The normalized spacial score (nSPS) is 22.6. The third kappa shape index (κ3) is 10.1. The highest BCUT2D eigenvalue weighted by atomic mass is 32.1. The Morgan fingerprint density at radius 1 is 0.614 bits per heavy atom. The summed E-state index contributed by atoms with van der Waals surface area (Å²) in [6, 6.07) is 8.03. The summed E-state index contributed by atoms with van der Waals surface area (Å²) < 4.78 is 17.3. The van der Waals surface area contributed by atoms with Crippen LogP contribution in [0.1, 0.15) is 73.2 Å². The van der Waals surface area contributed by atoms with Gasteiger partial charge in [-0.05, 0) is 63.5 Å². The van der Waals surface area contributed by atoms with Gasteiger partial charge in [0.2, 0.25) is 0 Å². The molecule has 13 nitrogen and oxygen atoms in total. The van der Waals surface area contributed by atoms with Gasteiger partial charge in [0.15, 0.2) is 0 Å². The lowest BCUT2D eigenvalue weighted by Gasteiger charge is -2.31. The number of aromatic nitrogens is 6. The standard InChI is InChI=1S/C21H24N4O2S.C12H13N3O2.C9H13NOS/c1-3-17(4-2-15(1)21-23-5-10-28-21)27-20-12-16(25-6-8-26-9-7-25)11-19-18(20)13-22-14-24-19;16-12-6-9(15-1-3-17-4-2-15)5-11-10(12)7-13-8-14-11;11-8-3-1-7(2-4-8)9-10-5-6-12-9/h5,10-15,17H,1-4,6-9H2;5-8,16H,1-4H2;5-8,11H,1-4H2. The van der Waals surface area contributed by atoms with Crippen LogP contribution < -0.4 is 14.5 Å². The highest BCUT2D eigenvalue weighted by Gasteiger charge is 2.26. The molecule has 0 amide bonds. The molecule has 2 aromatic carbocycles. The van der Waals surface area contributed by atoms with Gasteiger partial charge >= 0.3 is 0 Å². The number of fused-ring (bicyclic) bond motifs is 2. The van der Waals surface area contributed by atoms with E-state index in [-0.39, 0.29) is 18.0 Å². The quantitative estimate of drug-likeness (QED) is 0.173. The number of hydrogen-bond acceptors (Lipinski definition) is 15. The average Bonchev–Trinajstić information content (AvgIpc) is 4.02. The van der Waals surface area contributed by atoms with E-state index in [1.54, 1.807) is 41.3 Å². The molecule has 4 aliphatic rings. The largest absolute Gasteiger partial charge is 0.507 e. The van der Waals surface area contributed by atoms with Crippen molar-refractivity contribution in [2.45, 2.75) is 75.4 Å². The van der Waals surface area contributed by atoms with Crippen molar-refractivity contribution in [3.05, 3.63) is 82.5 Å². The second kappa shape index (κ2) is 19.3. The highest BCUT2D eigenvalue weighted by molar-refractivity contribution is 7.09. The number of thiazole rings is 2. The van der Waals surface area contributed by atoms with E-state index in [4.69, 9.17) is 14.2 Å². The Labute approximate surface area is 340 Å². The Morgan fingerprint density at radius 2 is 1.12 bits per heavy atom. The van der Waals surface area contributed by atoms with Gasteiger partial charge in [0.1, 0.15) is 24.2 Å². The molecular weight excluding hydrogens is 761 g/mol. The topological polar surface area (TPSA) is 152 Å². The summed E-state index contributed by atoms with van der Waals surface area (Å²) in [5.41, 5.74) is 3.84. The number of phenolic OH excluding ortho intramolecular Hbond substituents is 1. The molecule has 0 radical (unpaired) electrons. The molecular formula is C42H50N8O5S2. The predicted molar refractivity (Wildman–Crippen MR) is 224 cm³/mol. The smallest absolute Gasteiger partial charge is 0.132 e. The molecule has 2 aliphatic heterocycles. The molecule has 4 fully saturated rings. The lowest BCUT2D eigenvalue weighted by Crippen LogP contribution is -2.36. The third-order valence-electron chi connectivity index (χ3n) is 11.2. The zero-order chi connectivity index (χ0) is 38.8. The molecule has 0 atom stereocenters. The highest BCUT2D eigenvalue weighted by Crippen LogP contribution is 2.38. The number of nitrogens with zero attached hydrogens (tertiary/aromatic N) is 8. The maximum absolute atomic E-state index is 9.94. The Bertz CT molecular complexity index is 2130. The number of aliphatic hydroxyl groups is 1. The van der Waals surface area contributed by atoms with Gasteiger partial charge in [0.05, 0.1) is 70.5 Å². The number of aromatic hydroxyl groups is 1. The van der Waals surface area contributed by atoms with Gasteiger partial charge in [-0.2, -0.15) is 0 Å². The van der Waals surface area contributed by atoms with Crippen LogP contribution in [0.5, 0.6) is 11.5 Å². The number of benzene rings is 2. The van der Waals surface area contributed by atoms with Gasteiger partial charge in [-0.1, -0.05) is 0 Å². The second-order valence-corrected chi connectivity index (χ2v) is 16.7. The van der Waals surface area contributed by atoms with Crippen LogP contribution in [0.2, 0.25) is 0 Å². The zero-order valence-electron chi connectivity index (χ0n) is 32.1. The van der Waals surface area contributed by atoms with Crippen LogP contribution in [0.4, 0.5) is 11.4 Å². The van der Waals surface area contributed by atoms with Gasteiger partial charge < -0.3 is 34.2 Å². The minimum atomic E-state index is -0.0544. The molecule has 10 rings (SSSR count). The number of phenols is 1. The molecule has 0 spiro atoms. The molecule has 2 N–H and O–H groups in total. The summed E-state index contributed by atoms with van der Waals surface area (Å²) >= 11 is 3.51. The van der Waals surface area contributed by atoms with Crippen molar-refractivity contribution in [1.82, 2.24) is 29.9 Å². The fourth-order valence-corrected chi connectivity index (χ4v) is 9.62. The molecule has 2 saturated heterocycles. The van der Waals surface area contributed by atoms with Crippen molar-refractivity contribution in [1.29, 1.82) is 0 Å². The van der Waals surface area contributed by atoms with Gasteiger partial charge in [0, 0.05) is 97.1 Å². The van der Waals surface area contributed by atoms with Crippen LogP contribution in [0.25, 0.3) is 21.8 Å². The van der Waals surface area contributed by atoms with Gasteiger partial charge in [0.25, 0.3) is 0 Å².